The maximum Gasteiger partial charge on any atom is 0.266 e. The summed E-state index contributed by atoms with van der Waals surface area (Å²) in [6.45, 7) is 6.18. The first-order chi connectivity index (χ1) is 14.9. The van der Waals surface area contributed by atoms with Crippen LogP contribution in [0.25, 0.3) is 11.3 Å². The normalized spacial score (nSPS) is 11.6. The van der Waals surface area contributed by atoms with E-state index in [-0.39, 0.29) is 24.6 Å². The molecule has 0 aliphatic heterocycles. The highest BCUT2D eigenvalue weighted by Gasteiger charge is 2.15. The van der Waals surface area contributed by atoms with E-state index in [0.29, 0.717) is 11.4 Å². The Bertz CT molecular complexity index is 1090. The van der Waals surface area contributed by atoms with Crippen LogP contribution in [-0.2, 0) is 11.3 Å². The molecule has 1 unspecified atom stereocenters. The summed E-state index contributed by atoms with van der Waals surface area (Å²) in [6, 6.07) is 16.4. The number of benzene rings is 2. The lowest BCUT2D eigenvalue weighted by Crippen LogP contribution is -2.39. The molecule has 3 aromatic rings. The van der Waals surface area contributed by atoms with Gasteiger partial charge in [-0.3, -0.25) is 9.59 Å². The highest BCUT2D eigenvalue weighted by Crippen LogP contribution is 2.19. The molecule has 0 aliphatic rings. The van der Waals surface area contributed by atoms with Gasteiger partial charge in [0.25, 0.3) is 11.5 Å². The maximum atomic E-state index is 12.4. The Kier molecular flexibility index (Phi) is 7.07. The van der Waals surface area contributed by atoms with Gasteiger partial charge in [0.1, 0.15) is 11.5 Å². The van der Waals surface area contributed by atoms with E-state index in [2.05, 4.69) is 10.4 Å². The van der Waals surface area contributed by atoms with Crippen molar-refractivity contribution in [1.29, 1.82) is 0 Å². The number of aromatic nitrogens is 2. The van der Waals surface area contributed by atoms with Gasteiger partial charge in [-0.15, -0.1) is 0 Å². The molecule has 162 valence electrons. The van der Waals surface area contributed by atoms with Crippen molar-refractivity contribution in [3.05, 3.63) is 76.1 Å². The highest BCUT2D eigenvalue weighted by atomic mass is 16.5. The average molecular weight is 421 g/mol. The van der Waals surface area contributed by atoms with Crippen LogP contribution >= 0.6 is 0 Å². The lowest BCUT2D eigenvalue weighted by Gasteiger charge is -2.16. The monoisotopic (exact) mass is 421 g/mol. The fourth-order valence-electron chi connectivity index (χ4n) is 3.21. The first-order valence-corrected chi connectivity index (χ1v) is 10.1. The Morgan fingerprint density at radius 3 is 2.35 bits per heavy atom. The predicted octanol–water partition coefficient (Wildman–Crippen LogP) is 3.12. The van der Waals surface area contributed by atoms with Gasteiger partial charge in [-0.2, -0.15) is 5.10 Å². The zero-order chi connectivity index (χ0) is 22.4. The van der Waals surface area contributed by atoms with Crippen LogP contribution in [0.4, 0.5) is 0 Å². The number of hydrogen-bond acceptors (Lipinski definition) is 5. The third-order valence-corrected chi connectivity index (χ3v) is 4.75. The molecular weight excluding hydrogens is 394 g/mol. The van der Waals surface area contributed by atoms with Gasteiger partial charge in [0, 0.05) is 18.2 Å². The molecule has 1 aromatic heterocycles. The van der Waals surface area contributed by atoms with Gasteiger partial charge < -0.3 is 14.8 Å². The molecule has 1 atom stereocenters. The van der Waals surface area contributed by atoms with E-state index in [1.807, 2.05) is 56.3 Å². The summed E-state index contributed by atoms with van der Waals surface area (Å²) in [7, 11) is 1.61. The lowest BCUT2D eigenvalue weighted by molar-refractivity contribution is -0.127. The SMILES string of the molecule is COc1ccc(-c2ccc(=O)n(CCNC(=O)C(C)Oc3cc(C)cc(C)c3)n2)cc1. The minimum absolute atomic E-state index is 0.231. The summed E-state index contributed by atoms with van der Waals surface area (Å²) in [5.41, 5.74) is 3.45. The van der Waals surface area contributed by atoms with Gasteiger partial charge in [0.15, 0.2) is 6.10 Å². The van der Waals surface area contributed by atoms with E-state index in [1.165, 1.54) is 10.7 Å². The molecule has 0 fully saturated rings. The predicted molar refractivity (Wildman–Crippen MR) is 120 cm³/mol. The van der Waals surface area contributed by atoms with Crippen LogP contribution in [0.2, 0.25) is 0 Å². The van der Waals surface area contributed by atoms with Crippen LogP contribution in [0.3, 0.4) is 0 Å². The molecule has 0 aliphatic carbocycles. The fraction of sp³-hybridized carbons (Fsp3) is 0.292. The molecule has 0 radical (unpaired) electrons. The summed E-state index contributed by atoms with van der Waals surface area (Å²) < 4.78 is 12.3. The number of carbonyl (C=O) groups excluding carboxylic acids is 1. The highest BCUT2D eigenvalue weighted by molar-refractivity contribution is 5.80. The summed E-state index contributed by atoms with van der Waals surface area (Å²) in [5, 5.41) is 7.21. The minimum atomic E-state index is -0.656. The summed E-state index contributed by atoms with van der Waals surface area (Å²) in [5.74, 6) is 1.15. The molecule has 0 saturated heterocycles. The second kappa shape index (κ2) is 9.93. The van der Waals surface area contributed by atoms with Crippen LogP contribution in [-0.4, -0.2) is 35.4 Å². The fourth-order valence-corrected chi connectivity index (χ4v) is 3.21. The van der Waals surface area contributed by atoms with Crippen molar-refractivity contribution in [2.24, 2.45) is 0 Å². The van der Waals surface area contributed by atoms with Crippen molar-refractivity contribution in [2.45, 2.75) is 33.4 Å². The van der Waals surface area contributed by atoms with Crippen LogP contribution in [0.5, 0.6) is 11.5 Å². The Hall–Kier alpha value is -3.61. The number of carbonyl (C=O) groups is 1. The molecule has 7 nitrogen and oxygen atoms in total. The van der Waals surface area contributed by atoms with Crippen LogP contribution < -0.4 is 20.3 Å². The van der Waals surface area contributed by atoms with E-state index in [4.69, 9.17) is 9.47 Å². The Morgan fingerprint density at radius 1 is 1.03 bits per heavy atom. The van der Waals surface area contributed by atoms with Crippen molar-refractivity contribution in [1.82, 2.24) is 15.1 Å². The van der Waals surface area contributed by atoms with E-state index < -0.39 is 6.10 Å². The number of rotatable bonds is 8. The number of nitrogens with zero attached hydrogens (tertiary/aromatic N) is 2. The van der Waals surface area contributed by atoms with Crippen molar-refractivity contribution in [2.75, 3.05) is 13.7 Å². The number of aryl methyl sites for hydroxylation is 2. The molecule has 1 amide bonds. The van der Waals surface area contributed by atoms with Crippen molar-refractivity contribution >= 4 is 5.91 Å². The Labute approximate surface area is 181 Å². The minimum Gasteiger partial charge on any atom is -0.497 e. The number of methoxy groups -OCH3 is 1. The van der Waals surface area contributed by atoms with Gasteiger partial charge in [-0.25, -0.2) is 4.68 Å². The van der Waals surface area contributed by atoms with E-state index in [9.17, 15) is 9.59 Å². The second-order valence-electron chi connectivity index (χ2n) is 7.38. The smallest absolute Gasteiger partial charge is 0.266 e. The molecule has 1 N–H and O–H groups in total. The molecule has 1 heterocycles. The quantitative estimate of drug-likeness (QED) is 0.604. The van der Waals surface area contributed by atoms with Crippen LogP contribution in [0.15, 0.2) is 59.4 Å². The number of nitrogens with one attached hydrogen (secondary N) is 1. The molecule has 0 bridgehead atoms. The zero-order valence-corrected chi connectivity index (χ0v) is 18.2. The molecule has 7 heteroatoms. The lowest BCUT2D eigenvalue weighted by atomic mass is 10.1. The summed E-state index contributed by atoms with van der Waals surface area (Å²) in [6.07, 6.45) is -0.656. The molecule has 31 heavy (non-hydrogen) atoms. The first kappa shape index (κ1) is 22.1. The third-order valence-electron chi connectivity index (χ3n) is 4.75. The first-order valence-electron chi connectivity index (χ1n) is 10.1. The number of ether oxygens (including phenoxy) is 2. The van der Waals surface area contributed by atoms with Crippen LogP contribution in [0, 0.1) is 13.8 Å². The van der Waals surface area contributed by atoms with Crippen LogP contribution in [0.1, 0.15) is 18.1 Å². The van der Waals surface area contributed by atoms with Gasteiger partial charge in [-0.05, 0) is 74.4 Å². The maximum absolute atomic E-state index is 12.4. The molecule has 0 spiro atoms. The average Bonchev–Trinajstić information content (AvgIpc) is 2.74. The van der Waals surface area contributed by atoms with E-state index >= 15 is 0 Å². The van der Waals surface area contributed by atoms with Crippen molar-refractivity contribution in [3.8, 4) is 22.8 Å². The Balaban J connectivity index is 1.59. The van der Waals surface area contributed by atoms with Gasteiger partial charge >= 0.3 is 0 Å². The largest absolute Gasteiger partial charge is 0.497 e. The van der Waals surface area contributed by atoms with Crippen molar-refractivity contribution < 1.29 is 14.3 Å². The van der Waals surface area contributed by atoms with E-state index in [0.717, 1.165) is 22.4 Å². The standard InChI is InChI=1S/C24H27N3O4/c1-16-13-17(2)15-21(14-16)31-18(3)24(29)25-11-12-27-23(28)10-9-22(26-27)19-5-7-20(30-4)8-6-19/h5-10,13-15,18H,11-12H2,1-4H3,(H,25,29). The third kappa shape index (κ3) is 5.94. The summed E-state index contributed by atoms with van der Waals surface area (Å²) >= 11 is 0. The topological polar surface area (TPSA) is 82.5 Å². The second-order valence-corrected chi connectivity index (χ2v) is 7.38. The van der Waals surface area contributed by atoms with Crippen molar-refractivity contribution in [3.63, 3.8) is 0 Å². The molecule has 2 aromatic carbocycles. The molecular formula is C24H27N3O4. The number of amides is 1. The van der Waals surface area contributed by atoms with Gasteiger partial charge in [0.2, 0.25) is 0 Å². The van der Waals surface area contributed by atoms with E-state index in [1.54, 1.807) is 20.1 Å². The number of hydrogen-bond donors (Lipinski definition) is 1. The zero-order valence-electron chi connectivity index (χ0n) is 18.2. The Morgan fingerprint density at radius 2 is 1.71 bits per heavy atom. The van der Waals surface area contributed by atoms with Gasteiger partial charge in [-0.1, -0.05) is 6.07 Å². The molecule has 3 rings (SSSR count). The molecule has 0 saturated carbocycles. The van der Waals surface area contributed by atoms with Gasteiger partial charge in [0.05, 0.1) is 19.3 Å². The summed E-state index contributed by atoms with van der Waals surface area (Å²) in [4.78, 5) is 24.5.